The molecule has 1 aromatic carbocycles. The van der Waals surface area contributed by atoms with E-state index in [1.54, 1.807) is 0 Å². The molecule has 0 heterocycles. The van der Waals surface area contributed by atoms with E-state index in [0.717, 1.165) is 18.4 Å². The maximum absolute atomic E-state index is 9.85. The zero-order valence-electron chi connectivity index (χ0n) is 21.4. The average molecular weight is 465 g/mol. The van der Waals surface area contributed by atoms with Crippen LogP contribution in [-0.4, -0.2) is 41.7 Å². The summed E-state index contributed by atoms with van der Waals surface area (Å²) in [6, 6.07) is 9.60. The minimum Gasteiger partial charge on any atom is -0.395 e. The molecule has 192 valence electrons. The van der Waals surface area contributed by atoms with Crippen molar-refractivity contribution in [1.82, 2.24) is 0 Å². The minimum absolute atomic E-state index is 0.321. The van der Waals surface area contributed by atoms with Crippen LogP contribution in [-0.2, 0) is 4.74 Å². The molecule has 3 N–H and O–H groups in total. The Hall–Kier alpha value is -0.940. The molecule has 0 bridgehead atoms. The van der Waals surface area contributed by atoms with Crippen LogP contribution in [0.1, 0.15) is 121 Å². The number of aliphatic hydroxyl groups excluding tert-OH is 3. The SMILES string of the molecule is CCCCCCCCCCCCCCCCCCOC(c1ccccc1)C(CO)(CO)CO. The van der Waals surface area contributed by atoms with E-state index in [9.17, 15) is 15.3 Å². The molecule has 33 heavy (non-hydrogen) atoms. The van der Waals surface area contributed by atoms with E-state index in [2.05, 4.69) is 6.92 Å². The first-order valence-electron chi connectivity index (χ1n) is 13.7. The fourth-order valence-corrected chi connectivity index (χ4v) is 4.50. The molecule has 1 aromatic rings. The molecule has 0 saturated carbocycles. The Morgan fingerprint density at radius 3 is 1.39 bits per heavy atom. The second kappa shape index (κ2) is 20.4. The molecule has 1 unspecified atom stereocenters. The Balaban J connectivity index is 2.08. The molecular formula is C29H52O4. The van der Waals surface area contributed by atoms with E-state index in [0.29, 0.717) is 6.61 Å². The topological polar surface area (TPSA) is 69.9 Å². The Morgan fingerprint density at radius 1 is 0.606 bits per heavy atom. The van der Waals surface area contributed by atoms with Gasteiger partial charge >= 0.3 is 0 Å². The van der Waals surface area contributed by atoms with Gasteiger partial charge in [-0.05, 0) is 12.0 Å². The van der Waals surface area contributed by atoms with Gasteiger partial charge in [0, 0.05) is 6.61 Å². The van der Waals surface area contributed by atoms with Crippen molar-refractivity contribution in [2.45, 2.75) is 116 Å². The van der Waals surface area contributed by atoms with Gasteiger partial charge in [-0.15, -0.1) is 0 Å². The van der Waals surface area contributed by atoms with E-state index in [1.807, 2.05) is 30.3 Å². The second-order valence-corrected chi connectivity index (χ2v) is 9.80. The summed E-state index contributed by atoms with van der Waals surface area (Å²) in [5, 5.41) is 29.6. The van der Waals surface area contributed by atoms with Crippen molar-refractivity contribution in [2.24, 2.45) is 5.41 Å². The van der Waals surface area contributed by atoms with Crippen LogP contribution in [0, 0.1) is 5.41 Å². The number of aliphatic hydroxyl groups is 3. The van der Waals surface area contributed by atoms with Gasteiger partial charge < -0.3 is 20.1 Å². The molecule has 0 fully saturated rings. The van der Waals surface area contributed by atoms with Crippen LogP contribution in [0.5, 0.6) is 0 Å². The molecule has 0 saturated heterocycles. The van der Waals surface area contributed by atoms with Crippen LogP contribution in [0.15, 0.2) is 30.3 Å². The Labute approximate surface area is 203 Å². The lowest BCUT2D eigenvalue weighted by Crippen LogP contribution is -2.41. The molecular weight excluding hydrogens is 412 g/mol. The molecule has 0 aliphatic carbocycles. The third-order valence-corrected chi connectivity index (χ3v) is 6.89. The van der Waals surface area contributed by atoms with E-state index >= 15 is 0 Å². The Morgan fingerprint density at radius 2 is 1.00 bits per heavy atom. The molecule has 1 atom stereocenters. The molecule has 1 rings (SSSR count). The van der Waals surface area contributed by atoms with Crippen molar-refractivity contribution < 1.29 is 20.1 Å². The van der Waals surface area contributed by atoms with Gasteiger partial charge in [0.1, 0.15) is 0 Å². The lowest BCUT2D eigenvalue weighted by atomic mass is 9.80. The third kappa shape index (κ3) is 12.9. The highest BCUT2D eigenvalue weighted by Gasteiger charge is 2.39. The van der Waals surface area contributed by atoms with Crippen LogP contribution in [0.3, 0.4) is 0 Å². The molecule has 0 aliphatic rings. The highest BCUT2D eigenvalue weighted by atomic mass is 16.5. The molecule has 0 spiro atoms. The molecule has 0 amide bonds. The van der Waals surface area contributed by atoms with Crippen LogP contribution in [0.25, 0.3) is 0 Å². The first-order chi connectivity index (χ1) is 16.2. The van der Waals surface area contributed by atoms with Gasteiger partial charge in [-0.3, -0.25) is 0 Å². The lowest BCUT2D eigenvalue weighted by Gasteiger charge is -2.36. The predicted octanol–water partition coefficient (Wildman–Crippen LogP) is 6.97. The van der Waals surface area contributed by atoms with Crippen molar-refractivity contribution >= 4 is 0 Å². The van der Waals surface area contributed by atoms with Crippen molar-refractivity contribution in [3.63, 3.8) is 0 Å². The Kier molecular flexibility index (Phi) is 18.6. The fourth-order valence-electron chi connectivity index (χ4n) is 4.50. The zero-order valence-corrected chi connectivity index (χ0v) is 21.4. The second-order valence-electron chi connectivity index (χ2n) is 9.80. The van der Waals surface area contributed by atoms with E-state index in [1.165, 1.54) is 89.9 Å². The first-order valence-corrected chi connectivity index (χ1v) is 13.7. The van der Waals surface area contributed by atoms with Crippen molar-refractivity contribution in [3.8, 4) is 0 Å². The van der Waals surface area contributed by atoms with E-state index in [-0.39, 0.29) is 19.8 Å². The van der Waals surface area contributed by atoms with E-state index < -0.39 is 11.5 Å². The number of hydrogen-bond acceptors (Lipinski definition) is 4. The van der Waals surface area contributed by atoms with Gasteiger partial charge in [0.25, 0.3) is 0 Å². The smallest absolute Gasteiger partial charge is 0.0947 e. The standard InChI is InChI=1S/C29H52O4/c1-2-3-4-5-6-7-8-9-10-11-12-13-14-15-16-20-23-33-28(27-21-18-17-19-22-27)29(24-30,25-31)26-32/h17-19,21-22,28,30-32H,2-16,20,23-26H2,1H3. The monoisotopic (exact) mass is 464 g/mol. The van der Waals surface area contributed by atoms with Gasteiger partial charge in [0.05, 0.1) is 31.3 Å². The molecule has 0 radical (unpaired) electrons. The van der Waals surface area contributed by atoms with Crippen LogP contribution >= 0.6 is 0 Å². The highest BCUT2D eigenvalue weighted by Crippen LogP contribution is 2.36. The molecule has 0 aromatic heterocycles. The number of unbranched alkanes of at least 4 members (excludes halogenated alkanes) is 15. The summed E-state index contributed by atoms with van der Waals surface area (Å²) in [7, 11) is 0. The minimum atomic E-state index is -1.07. The van der Waals surface area contributed by atoms with E-state index in [4.69, 9.17) is 4.74 Å². The normalized spacial score (nSPS) is 12.8. The Bertz CT molecular complexity index is 521. The summed E-state index contributed by atoms with van der Waals surface area (Å²) in [5.41, 5.74) is -0.192. The number of rotatable bonds is 23. The lowest BCUT2D eigenvalue weighted by molar-refractivity contribution is -0.117. The third-order valence-electron chi connectivity index (χ3n) is 6.89. The summed E-state index contributed by atoms with van der Waals surface area (Å²) in [6.45, 7) is 1.88. The first kappa shape index (κ1) is 30.1. The summed E-state index contributed by atoms with van der Waals surface area (Å²) < 4.78 is 6.11. The highest BCUT2D eigenvalue weighted by molar-refractivity contribution is 5.20. The number of hydrogen-bond donors (Lipinski definition) is 3. The summed E-state index contributed by atoms with van der Waals surface area (Å²) in [6.07, 6.45) is 20.8. The van der Waals surface area contributed by atoms with Crippen molar-refractivity contribution in [1.29, 1.82) is 0 Å². The van der Waals surface area contributed by atoms with Crippen molar-refractivity contribution in [3.05, 3.63) is 35.9 Å². The van der Waals surface area contributed by atoms with Crippen LogP contribution in [0.2, 0.25) is 0 Å². The van der Waals surface area contributed by atoms with Crippen LogP contribution in [0.4, 0.5) is 0 Å². The van der Waals surface area contributed by atoms with Gasteiger partial charge in [0.15, 0.2) is 0 Å². The summed E-state index contributed by atoms with van der Waals surface area (Å²) in [5.74, 6) is 0. The van der Waals surface area contributed by atoms with Gasteiger partial charge in [-0.25, -0.2) is 0 Å². The fraction of sp³-hybridized carbons (Fsp3) is 0.793. The van der Waals surface area contributed by atoms with Gasteiger partial charge in [0.2, 0.25) is 0 Å². The maximum atomic E-state index is 9.85. The van der Waals surface area contributed by atoms with Crippen molar-refractivity contribution in [2.75, 3.05) is 26.4 Å². The predicted molar refractivity (Wildman–Crippen MR) is 138 cm³/mol. The van der Waals surface area contributed by atoms with Crippen LogP contribution < -0.4 is 0 Å². The van der Waals surface area contributed by atoms with Gasteiger partial charge in [-0.2, -0.15) is 0 Å². The largest absolute Gasteiger partial charge is 0.395 e. The molecule has 4 heteroatoms. The molecule has 4 nitrogen and oxygen atoms in total. The average Bonchev–Trinajstić information content (AvgIpc) is 2.86. The molecule has 0 aliphatic heterocycles. The maximum Gasteiger partial charge on any atom is 0.0947 e. The number of benzene rings is 1. The quantitative estimate of drug-likeness (QED) is 0.153. The summed E-state index contributed by atoms with van der Waals surface area (Å²) in [4.78, 5) is 0. The summed E-state index contributed by atoms with van der Waals surface area (Å²) >= 11 is 0. The van der Waals surface area contributed by atoms with Gasteiger partial charge in [-0.1, -0.05) is 134 Å². The number of ether oxygens (including phenoxy) is 1. The zero-order chi connectivity index (χ0) is 24.0.